The minimum atomic E-state index is 0.301. The molecule has 0 aliphatic heterocycles. The van der Waals surface area contributed by atoms with Crippen molar-refractivity contribution >= 4 is 0 Å². The Balaban J connectivity index is 0.000000771. The lowest BCUT2D eigenvalue weighted by molar-refractivity contribution is 0.276. The summed E-state index contributed by atoms with van der Waals surface area (Å²) in [7, 11) is 1.74. The zero-order valence-electron chi connectivity index (χ0n) is 11.9. The average Bonchev–Trinajstić information content (AvgIpc) is 2.46. The minimum Gasteiger partial charge on any atom is -0.496 e. The third-order valence-electron chi connectivity index (χ3n) is 3.52. The number of methoxy groups -OCH3 is 1. The molecule has 102 valence electrons. The van der Waals surface area contributed by atoms with Gasteiger partial charge in [-0.05, 0) is 55.2 Å². The first-order valence-corrected chi connectivity index (χ1v) is 7.13. The summed E-state index contributed by atoms with van der Waals surface area (Å²) in [6.45, 7) is 4.30. The third kappa shape index (κ3) is 3.49. The van der Waals surface area contributed by atoms with Gasteiger partial charge in [-0.15, -0.1) is 0 Å². The van der Waals surface area contributed by atoms with Crippen LogP contribution in [-0.2, 0) is 6.42 Å². The van der Waals surface area contributed by atoms with Gasteiger partial charge < -0.3 is 9.84 Å². The molecule has 0 saturated carbocycles. The zero-order valence-corrected chi connectivity index (χ0v) is 11.9. The highest BCUT2D eigenvalue weighted by atomic mass is 16.5. The highest BCUT2D eigenvalue weighted by Crippen LogP contribution is 2.38. The van der Waals surface area contributed by atoms with Crippen molar-refractivity contribution in [2.75, 3.05) is 13.7 Å². The van der Waals surface area contributed by atoms with Gasteiger partial charge in [0, 0.05) is 6.61 Å². The average molecular weight is 250 g/mol. The summed E-state index contributed by atoms with van der Waals surface area (Å²) < 4.78 is 5.42. The van der Waals surface area contributed by atoms with Crippen molar-refractivity contribution < 1.29 is 9.84 Å². The molecule has 18 heavy (non-hydrogen) atoms. The molecule has 1 aromatic rings. The van der Waals surface area contributed by atoms with E-state index in [0.717, 1.165) is 25.0 Å². The number of hydrogen-bond acceptors (Lipinski definition) is 2. The summed E-state index contributed by atoms with van der Waals surface area (Å²) in [4.78, 5) is 0. The van der Waals surface area contributed by atoms with Crippen LogP contribution in [0.1, 0.15) is 56.6 Å². The van der Waals surface area contributed by atoms with Gasteiger partial charge in [0.15, 0.2) is 0 Å². The maximum Gasteiger partial charge on any atom is 0.122 e. The Hall–Kier alpha value is -1.02. The van der Waals surface area contributed by atoms with Gasteiger partial charge in [0.1, 0.15) is 5.75 Å². The number of hydrogen-bond donors (Lipinski definition) is 1. The predicted molar refractivity (Wildman–Crippen MR) is 76.3 cm³/mol. The molecule has 0 spiro atoms. The van der Waals surface area contributed by atoms with Gasteiger partial charge in [-0.1, -0.05) is 26.0 Å². The second-order valence-electron chi connectivity index (χ2n) is 4.48. The van der Waals surface area contributed by atoms with E-state index in [1.54, 1.807) is 7.11 Å². The van der Waals surface area contributed by atoms with Crippen molar-refractivity contribution in [2.24, 2.45) is 0 Å². The molecule has 0 bridgehead atoms. The summed E-state index contributed by atoms with van der Waals surface area (Å²) in [5.74, 6) is 1.65. The van der Waals surface area contributed by atoms with Gasteiger partial charge in [0.25, 0.3) is 0 Å². The van der Waals surface area contributed by atoms with Gasteiger partial charge in [-0.25, -0.2) is 0 Å². The molecule has 2 rings (SSSR count). The number of rotatable bonds is 4. The maximum atomic E-state index is 8.92. The zero-order chi connectivity index (χ0) is 13.4. The van der Waals surface area contributed by atoms with Gasteiger partial charge in [-0.2, -0.15) is 0 Å². The van der Waals surface area contributed by atoms with Crippen molar-refractivity contribution in [3.05, 3.63) is 29.3 Å². The molecule has 1 aliphatic rings. The molecule has 2 heteroatoms. The number of aliphatic hydroxyl groups excluding tert-OH is 1. The molecule has 1 atom stereocenters. The Kier molecular flexibility index (Phi) is 6.81. The second-order valence-corrected chi connectivity index (χ2v) is 4.48. The van der Waals surface area contributed by atoms with Crippen LogP contribution in [0.15, 0.2) is 18.2 Å². The normalized spacial score (nSPS) is 17.4. The monoisotopic (exact) mass is 250 g/mol. The second kappa shape index (κ2) is 8.15. The molecular weight excluding hydrogens is 224 g/mol. The smallest absolute Gasteiger partial charge is 0.122 e. The first-order valence-electron chi connectivity index (χ1n) is 7.13. The van der Waals surface area contributed by atoms with Gasteiger partial charge in [-0.3, -0.25) is 0 Å². The Morgan fingerprint density at radius 2 is 2.11 bits per heavy atom. The van der Waals surface area contributed by atoms with Crippen LogP contribution in [0.4, 0.5) is 0 Å². The fourth-order valence-electron chi connectivity index (χ4n) is 2.74. The van der Waals surface area contributed by atoms with E-state index in [0.29, 0.717) is 12.5 Å². The van der Waals surface area contributed by atoms with Crippen molar-refractivity contribution in [3.8, 4) is 5.75 Å². The molecule has 1 aliphatic carbocycles. The number of fused-ring (bicyclic) bond motifs is 1. The van der Waals surface area contributed by atoms with Crippen LogP contribution >= 0.6 is 0 Å². The van der Waals surface area contributed by atoms with Crippen LogP contribution in [0.5, 0.6) is 5.75 Å². The van der Waals surface area contributed by atoms with E-state index < -0.39 is 0 Å². The van der Waals surface area contributed by atoms with E-state index in [2.05, 4.69) is 12.1 Å². The number of ether oxygens (including phenoxy) is 1. The summed E-state index contributed by atoms with van der Waals surface area (Å²) in [5.41, 5.74) is 2.83. The minimum absolute atomic E-state index is 0.301. The highest BCUT2D eigenvalue weighted by molar-refractivity contribution is 5.43. The summed E-state index contributed by atoms with van der Waals surface area (Å²) in [6, 6.07) is 6.35. The van der Waals surface area contributed by atoms with Crippen LogP contribution in [0.3, 0.4) is 0 Å². The van der Waals surface area contributed by atoms with Gasteiger partial charge in [0.2, 0.25) is 0 Å². The van der Waals surface area contributed by atoms with Crippen LogP contribution in [0.25, 0.3) is 0 Å². The van der Waals surface area contributed by atoms with E-state index in [1.165, 1.54) is 24.0 Å². The van der Waals surface area contributed by atoms with Crippen molar-refractivity contribution in [2.45, 2.75) is 51.9 Å². The van der Waals surface area contributed by atoms with E-state index in [4.69, 9.17) is 9.84 Å². The van der Waals surface area contributed by atoms with Crippen molar-refractivity contribution in [1.82, 2.24) is 0 Å². The third-order valence-corrected chi connectivity index (χ3v) is 3.52. The van der Waals surface area contributed by atoms with Gasteiger partial charge >= 0.3 is 0 Å². The highest BCUT2D eigenvalue weighted by Gasteiger charge is 2.21. The molecule has 0 radical (unpaired) electrons. The predicted octanol–water partition coefficient (Wildman–Crippen LogP) is 3.91. The fraction of sp³-hybridized carbons (Fsp3) is 0.625. The van der Waals surface area contributed by atoms with Crippen molar-refractivity contribution in [1.29, 1.82) is 0 Å². The molecular formula is C16H26O2. The standard InChI is InChI=1S/C14H20O2.C2H6/c1-16-14-9-3-7-12-11(6-4-10-15)5-2-8-13(12)14;1-2/h3,7,9,11,15H,2,4-6,8,10H2,1H3;1-2H3. The number of aliphatic hydroxyl groups is 1. The molecule has 0 saturated heterocycles. The quantitative estimate of drug-likeness (QED) is 0.877. The van der Waals surface area contributed by atoms with Crippen LogP contribution < -0.4 is 4.74 Å². The first-order chi connectivity index (χ1) is 8.86. The Morgan fingerprint density at radius 3 is 2.78 bits per heavy atom. The Morgan fingerprint density at radius 1 is 1.33 bits per heavy atom. The molecule has 0 fully saturated rings. The lowest BCUT2D eigenvalue weighted by Crippen LogP contribution is -2.11. The van der Waals surface area contributed by atoms with Gasteiger partial charge in [0.05, 0.1) is 7.11 Å². The lowest BCUT2D eigenvalue weighted by Gasteiger charge is -2.26. The SMILES string of the molecule is CC.COc1cccc2c1CCCC2CCCO. The summed E-state index contributed by atoms with van der Waals surface area (Å²) in [5, 5.41) is 8.92. The molecule has 2 nitrogen and oxygen atoms in total. The largest absolute Gasteiger partial charge is 0.496 e. The van der Waals surface area contributed by atoms with Crippen LogP contribution in [0.2, 0.25) is 0 Å². The van der Waals surface area contributed by atoms with E-state index in [-0.39, 0.29) is 0 Å². The fourth-order valence-corrected chi connectivity index (χ4v) is 2.74. The molecule has 1 unspecified atom stereocenters. The Bertz CT molecular complexity index is 347. The van der Waals surface area contributed by atoms with E-state index >= 15 is 0 Å². The lowest BCUT2D eigenvalue weighted by atomic mass is 9.80. The molecule has 1 aromatic carbocycles. The Labute approximate surface area is 111 Å². The first kappa shape index (κ1) is 15.0. The van der Waals surface area contributed by atoms with Crippen LogP contribution in [0, 0.1) is 0 Å². The topological polar surface area (TPSA) is 29.5 Å². The molecule has 0 aromatic heterocycles. The van der Waals surface area contributed by atoms with Crippen molar-refractivity contribution in [3.63, 3.8) is 0 Å². The molecule has 0 amide bonds. The van der Waals surface area contributed by atoms with Crippen LogP contribution in [-0.4, -0.2) is 18.8 Å². The number of benzene rings is 1. The summed E-state index contributed by atoms with van der Waals surface area (Å²) in [6.07, 6.45) is 5.62. The van der Waals surface area contributed by atoms with E-state index in [1.807, 2.05) is 19.9 Å². The molecule has 1 N–H and O–H groups in total. The van der Waals surface area contributed by atoms with E-state index in [9.17, 15) is 0 Å². The molecule has 0 heterocycles. The maximum absolute atomic E-state index is 8.92. The summed E-state index contributed by atoms with van der Waals surface area (Å²) >= 11 is 0.